The first-order valence-corrected chi connectivity index (χ1v) is 6.95. The van der Waals surface area contributed by atoms with Gasteiger partial charge >= 0.3 is 0 Å². The lowest BCUT2D eigenvalue weighted by molar-refractivity contribution is 0.0655. The Balaban J connectivity index is 2.86. The molecule has 4 heteroatoms. The summed E-state index contributed by atoms with van der Waals surface area (Å²) >= 11 is 5.29. The molecule has 15 heavy (non-hydrogen) atoms. The molecule has 0 bridgehead atoms. The molecule has 0 aliphatic rings. The average molecular weight is 292 g/mol. The zero-order valence-electron chi connectivity index (χ0n) is 9.42. The zero-order chi connectivity index (χ0) is 11.3. The van der Waals surface area contributed by atoms with Crippen molar-refractivity contribution in [2.45, 2.75) is 32.4 Å². The van der Waals surface area contributed by atoms with E-state index in [1.807, 2.05) is 0 Å². The van der Waals surface area contributed by atoms with Gasteiger partial charge in [0, 0.05) is 17.0 Å². The molecule has 0 fully saturated rings. The Morgan fingerprint density at radius 1 is 1.47 bits per heavy atom. The highest BCUT2D eigenvalue weighted by molar-refractivity contribution is 9.10. The van der Waals surface area contributed by atoms with Crippen LogP contribution in [0.25, 0.3) is 0 Å². The summed E-state index contributed by atoms with van der Waals surface area (Å²) in [4.78, 5) is 0. The number of likely N-dealkylation sites (N-methyl/N-ethyl adjacent to an activating group) is 1. The molecule has 86 valence electrons. The van der Waals surface area contributed by atoms with Gasteiger partial charge in [-0.1, -0.05) is 13.8 Å². The molecule has 0 amide bonds. The first kappa shape index (κ1) is 13.2. The first-order valence-electron chi connectivity index (χ1n) is 5.22. The SMILES string of the molecule is CCNC(c1cscc1Br)C(CC)OC. The highest BCUT2D eigenvalue weighted by atomic mass is 79.9. The molecular formula is C11H18BrNOS. The fraction of sp³-hybridized carbons (Fsp3) is 0.636. The number of ether oxygens (including phenoxy) is 1. The molecule has 1 aromatic rings. The van der Waals surface area contributed by atoms with Crippen molar-refractivity contribution in [3.05, 3.63) is 20.8 Å². The van der Waals surface area contributed by atoms with Crippen LogP contribution >= 0.6 is 27.3 Å². The Hall–Kier alpha value is 0.1000. The normalized spacial score (nSPS) is 15.2. The number of thiophene rings is 1. The lowest BCUT2D eigenvalue weighted by Gasteiger charge is -2.25. The predicted molar refractivity (Wildman–Crippen MR) is 69.5 cm³/mol. The van der Waals surface area contributed by atoms with Gasteiger partial charge in [0.15, 0.2) is 0 Å². The topological polar surface area (TPSA) is 21.3 Å². The van der Waals surface area contributed by atoms with Crippen LogP contribution in [0, 0.1) is 0 Å². The molecule has 0 saturated carbocycles. The molecule has 2 unspecified atom stereocenters. The third kappa shape index (κ3) is 3.28. The maximum Gasteiger partial charge on any atom is 0.0764 e. The monoisotopic (exact) mass is 291 g/mol. The molecule has 0 aliphatic carbocycles. The van der Waals surface area contributed by atoms with E-state index in [-0.39, 0.29) is 12.1 Å². The molecule has 1 aromatic heterocycles. The van der Waals surface area contributed by atoms with Crippen LogP contribution in [-0.4, -0.2) is 19.8 Å². The zero-order valence-corrected chi connectivity index (χ0v) is 11.8. The second kappa shape index (κ2) is 6.63. The number of rotatable bonds is 6. The molecule has 1 rings (SSSR count). The molecule has 0 spiro atoms. The van der Waals surface area contributed by atoms with E-state index in [4.69, 9.17) is 4.74 Å². The molecule has 0 aliphatic heterocycles. The summed E-state index contributed by atoms with van der Waals surface area (Å²) in [6.45, 7) is 5.22. The molecule has 0 saturated heterocycles. The summed E-state index contributed by atoms with van der Waals surface area (Å²) < 4.78 is 6.69. The Labute approximate surface area is 104 Å². The number of hydrogen-bond donors (Lipinski definition) is 1. The van der Waals surface area contributed by atoms with Crippen LogP contribution in [0.15, 0.2) is 15.2 Å². The van der Waals surface area contributed by atoms with E-state index in [9.17, 15) is 0 Å². The minimum atomic E-state index is 0.232. The maximum absolute atomic E-state index is 5.51. The first-order chi connectivity index (χ1) is 7.24. The summed E-state index contributed by atoms with van der Waals surface area (Å²) in [6, 6.07) is 0.283. The van der Waals surface area contributed by atoms with Gasteiger partial charge in [-0.15, -0.1) is 0 Å². The molecule has 2 atom stereocenters. The van der Waals surface area contributed by atoms with E-state index >= 15 is 0 Å². The summed E-state index contributed by atoms with van der Waals surface area (Å²) in [7, 11) is 1.78. The molecule has 0 radical (unpaired) electrons. The van der Waals surface area contributed by atoms with Gasteiger partial charge in [0.05, 0.1) is 12.1 Å². The van der Waals surface area contributed by atoms with Crippen molar-refractivity contribution in [1.82, 2.24) is 5.32 Å². The lowest BCUT2D eigenvalue weighted by atomic mass is 10.0. The fourth-order valence-electron chi connectivity index (χ4n) is 1.71. The Bertz CT molecular complexity index is 286. The Morgan fingerprint density at radius 3 is 2.60 bits per heavy atom. The van der Waals surface area contributed by atoms with Crippen LogP contribution in [0.4, 0.5) is 0 Å². The van der Waals surface area contributed by atoms with Gasteiger partial charge in [-0.2, -0.15) is 11.3 Å². The maximum atomic E-state index is 5.51. The second-order valence-electron chi connectivity index (χ2n) is 3.39. The van der Waals surface area contributed by atoms with Crippen LogP contribution in [0.2, 0.25) is 0 Å². The summed E-state index contributed by atoms with van der Waals surface area (Å²) in [5.41, 5.74) is 1.30. The van der Waals surface area contributed by atoms with E-state index in [1.165, 1.54) is 10.0 Å². The standard InChI is InChI=1S/C11H18BrNOS/c1-4-10(14-3)11(13-5-2)8-6-15-7-9(8)12/h6-7,10-11,13H,4-5H2,1-3H3. The largest absolute Gasteiger partial charge is 0.379 e. The quantitative estimate of drug-likeness (QED) is 0.865. The smallest absolute Gasteiger partial charge is 0.0764 e. The highest BCUT2D eigenvalue weighted by Crippen LogP contribution is 2.31. The molecular weight excluding hydrogens is 274 g/mol. The van der Waals surface area contributed by atoms with Crippen molar-refractivity contribution in [3.8, 4) is 0 Å². The van der Waals surface area contributed by atoms with Crippen molar-refractivity contribution in [3.63, 3.8) is 0 Å². The van der Waals surface area contributed by atoms with Gasteiger partial charge in [-0.3, -0.25) is 0 Å². The van der Waals surface area contributed by atoms with Crippen LogP contribution in [-0.2, 0) is 4.74 Å². The molecule has 1 heterocycles. The summed E-state index contributed by atoms with van der Waals surface area (Å²) in [6.07, 6.45) is 1.24. The molecule has 1 N–H and O–H groups in total. The Kier molecular flexibility index (Phi) is 5.82. The van der Waals surface area contributed by atoms with Crippen LogP contribution in [0.1, 0.15) is 31.9 Å². The van der Waals surface area contributed by atoms with Crippen molar-refractivity contribution >= 4 is 27.3 Å². The van der Waals surface area contributed by atoms with E-state index in [0.29, 0.717) is 0 Å². The van der Waals surface area contributed by atoms with Gasteiger partial charge in [0.25, 0.3) is 0 Å². The van der Waals surface area contributed by atoms with Crippen LogP contribution in [0.3, 0.4) is 0 Å². The van der Waals surface area contributed by atoms with Crippen molar-refractivity contribution < 1.29 is 4.74 Å². The molecule has 0 aromatic carbocycles. The van der Waals surface area contributed by atoms with E-state index in [0.717, 1.165) is 13.0 Å². The van der Waals surface area contributed by atoms with E-state index in [2.05, 4.69) is 45.9 Å². The van der Waals surface area contributed by atoms with Gasteiger partial charge in [-0.25, -0.2) is 0 Å². The highest BCUT2D eigenvalue weighted by Gasteiger charge is 2.22. The lowest BCUT2D eigenvalue weighted by Crippen LogP contribution is -2.32. The number of methoxy groups -OCH3 is 1. The van der Waals surface area contributed by atoms with Gasteiger partial charge in [-0.05, 0) is 39.8 Å². The van der Waals surface area contributed by atoms with Crippen molar-refractivity contribution in [1.29, 1.82) is 0 Å². The molecule has 2 nitrogen and oxygen atoms in total. The second-order valence-corrected chi connectivity index (χ2v) is 4.99. The van der Waals surface area contributed by atoms with Crippen molar-refractivity contribution in [2.75, 3.05) is 13.7 Å². The van der Waals surface area contributed by atoms with Crippen molar-refractivity contribution in [2.24, 2.45) is 0 Å². The predicted octanol–water partition coefficient (Wildman–Crippen LogP) is 3.59. The summed E-state index contributed by atoms with van der Waals surface area (Å²) in [5, 5.41) is 7.77. The van der Waals surface area contributed by atoms with Crippen LogP contribution < -0.4 is 5.32 Å². The number of nitrogens with one attached hydrogen (secondary N) is 1. The van der Waals surface area contributed by atoms with Crippen LogP contribution in [0.5, 0.6) is 0 Å². The average Bonchev–Trinajstić information content (AvgIpc) is 2.65. The third-order valence-electron chi connectivity index (χ3n) is 2.48. The fourth-order valence-corrected chi connectivity index (χ4v) is 3.29. The third-order valence-corrected chi connectivity index (χ3v) is 4.23. The number of hydrogen-bond acceptors (Lipinski definition) is 3. The van der Waals surface area contributed by atoms with Gasteiger partial charge in [0.2, 0.25) is 0 Å². The minimum absolute atomic E-state index is 0.232. The van der Waals surface area contributed by atoms with E-state index < -0.39 is 0 Å². The minimum Gasteiger partial charge on any atom is -0.379 e. The number of halogens is 1. The van der Waals surface area contributed by atoms with Gasteiger partial charge < -0.3 is 10.1 Å². The summed E-state index contributed by atoms with van der Waals surface area (Å²) in [5.74, 6) is 0. The van der Waals surface area contributed by atoms with Gasteiger partial charge in [0.1, 0.15) is 0 Å². The Morgan fingerprint density at radius 2 is 2.20 bits per heavy atom. The van der Waals surface area contributed by atoms with E-state index in [1.54, 1.807) is 18.4 Å².